The first-order valence-corrected chi connectivity index (χ1v) is 10.8. The Balaban J connectivity index is 1.83. The van der Waals surface area contributed by atoms with Crippen LogP contribution in [0.5, 0.6) is 17.2 Å². The van der Waals surface area contributed by atoms with Crippen molar-refractivity contribution in [2.75, 3.05) is 21.3 Å². The molecule has 1 amide bonds. The summed E-state index contributed by atoms with van der Waals surface area (Å²) in [6.07, 6.45) is 0. The first kappa shape index (κ1) is 23.8. The summed E-state index contributed by atoms with van der Waals surface area (Å²) in [5, 5.41) is 11.1. The van der Waals surface area contributed by atoms with Gasteiger partial charge in [0.2, 0.25) is 0 Å². The Morgan fingerprint density at radius 3 is 2.14 bits per heavy atom. The second-order valence-corrected chi connectivity index (χ2v) is 7.90. The molecule has 180 valence electrons. The number of carbonyl (C=O) groups excluding carboxylic acids is 2. The van der Waals surface area contributed by atoms with Crippen LogP contribution in [0.2, 0.25) is 0 Å². The van der Waals surface area contributed by atoms with Crippen LogP contribution in [0.15, 0.2) is 72.3 Å². The molecule has 0 aliphatic carbocycles. The summed E-state index contributed by atoms with van der Waals surface area (Å²) < 4.78 is 29.3. The fraction of sp³-hybridized carbons (Fsp3) is 0.185. The van der Waals surface area contributed by atoms with Gasteiger partial charge in [-0.15, -0.1) is 0 Å². The number of carbonyl (C=O) groups is 2. The van der Waals surface area contributed by atoms with Gasteiger partial charge in [0.25, 0.3) is 11.7 Å². The van der Waals surface area contributed by atoms with Crippen molar-refractivity contribution in [3.8, 4) is 17.2 Å². The van der Waals surface area contributed by atoms with Gasteiger partial charge in [-0.25, -0.2) is 4.39 Å². The van der Waals surface area contributed by atoms with Crippen molar-refractivity contribution in [3.63, 3.8) is 0 Å². The molecule has 1 aliphatic rings. The molecule has 0 radical (unpaired) electrons. The molecule has 0 bridgehead atoms. The highest BCUT2D eigenvalue weighted by Gasteiger charge is 2.46. The van der Waals surface area contributed by atoms with E-state index in [0.29, 0.717) is 28.4 Å². The maximum Gasteiger partial charge on any atom is 0.295 e. The molecule has 8 heteroatoms. The quantitative estimate of drug-likeness (QED) is 0.307. The Morgan fingerprint density at radius 1 is 0.886 bits per heavy atom. The number of Topliss-reactive ketones (excluding diaryl/α,β-unsaturated/α-hetero) is 1. The number of rotatable bonds is 7. The minimum absolute atomic E-state index is 0.0713. The number of likely N-dealkylation sites (tertiary alicyclic amines) is 1. The maximum absolute atomic E-state index is 13.4. The van der Waals surface area contributed by atoms with E-state index in [9.17, 15) is 19.1 Å². The van der Waals surface area contributed by atoms with Gasteiger partial charge in [-0.3, -0.25) is 9.59 Å². The number of benzene rings is 3. The molecule has 1 N–H and O–H groups in total. The van der Waals surface area contributed by atoms with Crippen LogP contribution in [0.3, 0.4) is 0 Å². The molecule has 4 rings (SSSR count). The molecule has 0 saturated carbocycles. The van der Waals surface area contributed by atoms with Gasteiger partial charge in [0.1, 0.15) is 17.3 Å². The highest BCUT2D eigenvalue weighted by atomic mass is 19.1. The lowest BCUT2D eigenvalue weighted by Gasteiger charge is -2.26. The van der Waals surface area contributed by atoms with Gasteiger partial charge in [-0.05, 0) is 59.7 Å². The van der Waals surface area contributed by atoms with Gasteiger partial charge in [0.15, 0.2) is 11.5 Å². The van der Waals surface area contributed by atoms with Gasteiger partial charge in [0.05, 0.1) is 32.9 Å². The van der Waals surface area contributed by atoms with E-state index in [0.717, 1.165) is 0 Å². The smallest absolute Gasteiger partial charge is 0.295 e. The Hall–Kier alpha value is -4.33. The molecule has 1 atom stereocenters. The summed E-state index contributed by atoms with van der Waals surface area (Å²) in [7, 11) is 4.57. The van der Waals surface area contributed by atoms with Gasteiger partial charge in [-0.1, -0.05) is 18.2 Å². The maximum atomic E-state index is 13.4. The van der Waals surface area contributed by atoms with E-state index >= 15 is 0 Å². The van der Waals surface area contributed by atoms with Crippen molar-refractivity contribution in [2.24, 2.45) is 0 Å². The molecule has 1 heterocycles. The molecule has 1 fully saturated rings. The zero-order chi connectivity index (χ0) is 25.1. The molecule has 0 spiro atoms. The average Bonchev–Trinajstić information content (AvgIpc) is 3.13. The van der Waals surface area contributed by atoms with Crippen molar-refractivity contribution in [2.45, 2.75) is 12.6 Å². The first-order valence-electron chi connectivity index (χ1n) is 10.8. The summed E-state index contributed by atoms with van der Waals surface area (Å²) in [4.78, 5) is 27.7. The monoisotopic (exact) mass is 477 g/mol. The second-order valence-electron chi connectivity index (χ2n) is 7.90. The molecule has 3 aromatic rings. The van der Waals surface area contributed by atoms with E-state index in [1.54, 1.807) is 42.5 Å². The third-order valence-electron chi connectivity index (χ3n) is 5.89. The summed E-state index contributed by atoms with van der Waals surface area (Å²) in [6.45, 7) is 0.0713. The van der Waals surface area contributed by atoms with E-state index in [2.05, 4.69) is 0 Å². The van der Waals surface area contributed by atoms with Crippen LogP contribution in [-0.2, 0) is 16.1 Å². The van der Waals surface area contributed by atoms with Gasteiger partial charge in [0, 0.05) is 12.1 Å². The number of hydrogen-bond donors (Lipinski definition) is 1. The highest BCUT2D eigenvalue weighted by Crippen LogP contribution is 2.41. The van der Waals surface area contributed by atoms with Gasteiger partial charge in [-0.2, -0.15) is 0 Å². The van der Waals surface area contributed by atoms with E-state index < -0.39 is 23.5 Å². The molecule has 0 aromatic heterocycles. The van der Waals surface area contributed by atoms with E-state index in [1.807, 2.05) is 0 Å². The van der Waals surface area contributed by atoms with Crippen LogP contribution < -0.4 is 14.2 Å². The average molecular weight is 477 g/mol. The minimum Gasteiger partial charge on any atom is -0.507 e. The molecule has 1 unspecified atom stereocenters. The summed E-state index contributed by atoms with van der Waals surface area (Å²) >= 11 is 0. The molecular formula is C27H24FNO6. The summed E-state index contributed by atoms with van der Waals surface area (Å²) in [6, 6.07) is 16.3. The predicted molar refractivity (Wildman–Crippen MR) is 127 cm³/mol. The van der Waals surface area contributed by atoms with Crippen molar-refractivity contribution in [1.82, 2.24) is 4.90 Å². The Labute approximate surface area is 202 Å². The Kier molecular flexibility index (Phi) is 6.73. The first-order chi connectivity index (χ1) is 16.9. The standard InChI is InChI=1S/C27H24FNO6/c1-33-20-11-7-17(8-12-20)24-23(25(30)18-5-9-19(28)10-6-18)26(31)27(32)29(24)15-16-4-13-21(34-2)22(14-16)35-3/h4-14,24,30H,15H2,1-3H3/b25-23+. The normalized spacial score (nSPS) is 16.9. The fourth-order valence-electron chi connectivity index (χ4n) is 4.11. The number of amides is 1. The zero-order valence-corrected chi connectivity index (χ0v) is 19.4. The SMILES string of the molecule is COc1ccc(C2/C(=C(\O)c3ccc(F)cc3)C(=O)C(=O)N2Cc2ccc(OC)c(OC)c2)cc1. The van der Waals surface area contributed by atoms with Gasteiger partial charge >= 0.3 is 0 Å². The molecule has 3 aromatic carbocycles. The summed E-state index contributed by atoms with van der Waals surface area (Å²) in [5.74, 6) is -0.835. The van der Waals surface area contributed by atoms with Crippen LogP contribution >= 0.6 is 0 Å². The predicted octanol–water partition coefficient (Wildman–Crippen LogP) is 4.47. The lowest BCUT2D eigenvalue weighted by Crippen LogP contribution is -2.29. The van der Waals surface area contributed by atoms with Crippen molar-refractivity contribution in [1.29, 1.82) is 0 Å². The fourth-order valence-corrected chi connectivity index (χ4v) is 4.11. The number of nitrogens with zero attached hydrogens (tertiary/aromatic N) is 1. The Morgan fingerprint density at radius 2 is 1.54 bits per heavy atom. The number of aliphatic hydroxyl groups is 1. The topological polar surface area (TPSA) is 85.3 Å². The van der Waals surface area contributed by atoms with Crippen LogP contribution in [0.1, 0.15) is 22.7 Å². The number of ether oxygens (including phenoxy) is 3. The third-order valence-corrected chi connectivity index (χ3v) is 5.89. The van der Waals surface area contributed by atoms with Gasteiger partial charge < -0.3 is 24.2 Å². The molecular weight excluding hydrogens is 453 g/mol. The number of ketones is 1. The number of hydrogen-bond acceptors (Lipinski definition) is 6. The van der Waals surface area contributed by atoms with Crippen molar-refractivity contribution >= 4 is 17.4 Å². The highest BCUT2D eigenvalue weighted by molar-refractivity contribution is 6.46. The number of aliphatic hydroxyl groups excluding tert-OH is 1. The lowest BCUT2D eigenvalue weighted by molar-refractivity contribution is -0.140. The molecule has 35 heavy (non-hydrogen) atoms. The summed E-state index contributed by atoms with van der Waals surface area (Å²) in [5.41, 5.74) is 1.46. The Bertz CT molecular complexity index is 1280. The lowest BCUT2D eigenvalue weighted by atomic mass is 9.95. The van der Waals surface area contributed by atoms with E-state index in [-0.39, 0.29) is 23.4 Å². The van der Waals surface area contributed by atoms with E-state index in [1.165, 1.54) is 50.5 Å². The molecule has 7 nitrogen and oxygen atoms in total. The van der Waals surface area contributed by atoms with Crippen LogP contribution in [0.4, 0.5) is 4.39 Å². The van der Waals surface area contributed by atoms with Crippen LogP contribution in [0, 0.1) is 5.82 Å². The largest absolute Gasteiger partial charge is 0.507 e. The van der Waals surface area contributed by atoms with E-state index in [4.69, 9.17) is 14.2 Å². The zero-order valence-electron chi connectivity index (χ0n) is 19.4. The van der Waals surface area contributed by atoms with Crippen LogP contribution in [0.25, 0.3) is 5.76 Å². The minimum atomic E-state index is -0.876. The third kappa shape index (κ3) is 4.55. The number of methoxy groups -OCH3 is 3. The van der Waals surface area contributed by atoms with Crippen LogP contribution in [-0.4, -0.2) is 43.0 Å². The molecule has 1 aliphatic heterocycles. The molecule has 1 saturated heterocycles. The van der Waals surface area contributed by atoms with Crippen molar-refractivity contribution in [3.05, 3.63) is 94.8 Å². The second kappa shape index (κ2) is 9.89. The van der Waals surface area contributed by atoms with Crippen molar-refractivity contribution < 1.29 is 33.3 Å². The number of halogens is 1.